The minimum atomic E-state index is -0.0677. The Morgan fingerprint density at radius 3 is 2.88 bits per heavy atom. The molecule has 0 radical (unpaired) electrons. The molecule has 1 atom stereocenters. The van der Waals surface area contributed by atoms with Crippen LogP contribution >= 0.6 is 0 Å². The molecule has 1 aromatic heterocycles. The molecule has 1 saturated heterocycles. The van der Waals surface area contributed by atoms with Crippen LogP contribution in [0.2, 0.25) is 0 Å². The number of carbonyl (C=O) groups is 1. The largest absolute Gasteiger partial charge is 0.493 e. The highest BCUT2D eigenvalue weighted by Crippen LogP contribution is 2.36. The highest BCUT2D eigenvalue weighted by atomic mass is 16.5. The van der Waals surface area contributed by atoms with Crippen LogP contribution in [0.4, 0.5) is 4.79 Å². The van der Waals surface area contributed by atoms with Crippen LogP contribution in [0.1, 0.15) is 30.1 Å². The molecule has 3 rings (SSSR count). The molecule has 24 heavy (non-hydrogen) atoms. The van der Waals surface area contributed by atoms with E-state index in [9.17, 15) is 4.79 Å². The van der Waals surface area contributed by atoms with Gasteiger partial charge in [0.25, 0.3) is 0 Å². The van der Waals surface area contributed by atoms with E-state index >= 15 is 0 Å². The highest BCUT2D eigenvalue weighted by Gasteiger charge is 2.30. The van der Waals surface area contributed by atoms with Crippen LogP contribution in [-0.2, 0) is 6.54 Å². The van der Waals surface area contributed by atoms with Gasteiger partial charge in [-0.05, 0) is 36.6 Å². The molecular weight excluding hydrogens is 308 g/mol. The summed E-state index contributed by atoms with van der Waals surface area (Å²) in [6.45, 7) is 1.18. The van der Waals surface area contributed by atoms with Gasteiger partial charge < -0.3 is 19.7 Å². The normalized spacial score (nSPS) is 16.9. The van der Waals surface area contributed by atoms with E-state index < -0.39 is 0 Å². The first-order valence-corrected chi connectivity index (χ1v) is 7.97. The van der Waals surface area contributed by atoms with Crippen LogP contribution in [0.15, 0.2) is 30.5 Å². The number of hydrogen-bond donors (Lipinski definition) is 2. The maximum absolute atomic E-state index is 12.5. The van der Waals surface area contributed by atoms with Gasteiger partial charge in [-0.1, -0.05) is 6.07 Å². The van der Waals surface area contributed by atoms with Gasteiger partial charge in [0.1, 0.15) is 0 Å². The van der Waals surface area contributed by atoms with Crippen molar-refractivity contribution in [3.63, 3.8) is 0 Å². The van der Waals surface area contributed by atoms with Crippen molar-refractivity contribution in [2.24, 2.45) is 0 Å². The van der Waals surface area contributed by atoms with Crippen molar-refractivity contribution in [3.8, 4) is 11.5 Å². The lowest BCUT2D eigenvalue weighted by Crippen LogP contribution is -2.39. The second-order valence-electron chi connectivity index (χ2n) is 5.71. The Labute approximate surface area is 140 Å². The molecule has 7 heteroatoms. The number of aromatic nitrogens is 2. The first-order chi connectivity index (χ1) is 11.7. The van der Waals surface area contributed by atoms with Crippen molar-refractivity contribution < 1.29 is 14.3 Å². The lowest BCUT2D eigenvalue weighted by atomic mass is 10.0. The van der Waals surface area contributed by atoms with Gasteiger partial charge in [0.2, 0.25) is 0 Å². The number of hydrogen-bond acceptors (Lipinski definition) is 4. The van der Waals surface area contributed by atoms with Crippen LogP contribution in [-0.4, -0.2) is 41.9 Å². The third kappa shape index (κ3) is 3.29. The quantitative estimate of drug-likeness (QED) is 0.883. The van der Waals surface area contributed by atoms with Crippen molar-refractivity contribution in [3.05, 3.63) is 41.7 Å². The number of methoxy groups -OCH3 is 2. The summed E-state index contributed by atoms with van der Waals surface area (Å²) in [6.07, 6.45) is 3.59. The number of likely N-dealkylation sites (tertiary alicyclic amines) is 1. The predicted molar refractivity (Wildman–Crippen MR) is 89.1 cm³/mol. The van der Waals surface area contributed by atoms with Crippen LogP contribution in [0.25, 0.3) is 0 Å². The minimum absolute atomic E-state index is 0.0478. The molecule has 2 amide bonds. The predicted octanol–water partition coefficient (Wildman–Crippen LogP) is 2.47. The molecule has 2 heterocycles. The molecular formula is C17H22N4O3. The zero-order valence-electron chi connectivity index (χ0n) is 13.9. The van der Waals surface area contributed by atoms with E-state index in [1.54, 1.807) is 20.4 Å². The van der Waals surface area contributed by atoms with Crippen molar-refractivity contribution >= 4 is 6.03 Å². The monoisotopic (exact) mass is 330 g/mol. The van der Waals surface area contributed by atoms with Crippen molar-refractivity contribution in [2.75, 3.05) is 20.8 Å². The van der Waals surface area contributed by atoms with Gasteiger partial charge in [0.15, 0.2) is 11.5 Å². The number of H-pyrrole nitrogens is 1. The molecule has 0 bridgehead atoms. The Balaban J connectivity index is 1.71. The average molecular weight is 330 g/mol. The zero-order valence-corrected chi connectivity index (χ0v) is 13.9. The number of benzene rings is 1. The average Bonchev–Trinajstić information content (AvgIpc) is 3.30. The summed E-state index contributed by atoms with van der Waals surface area (Å²) < 4.78 is 10.7. The van der Waals surface area contributed by atoms with Crippen LogP contribution in [0.3, 0.4) is 0 Å². The molecule has 0 unspecified atom stereocenters. The summed E-state index contributed by atoms with van der Waals surface area (Å²) in [6, 6.07) is 7.65. The number of nitrogens with one attached hydrogen (secondary N) is 2. The topological polar surface area (TPSA) is 79.5 Å². The van der Waals surface area contributed by atoms with E-state index in [-0.39, 0.29) is 12.1 Å². The summed E-state index contributed by atoms with van der Waals surface area (Å²) in [7, 11) is 3.23. The lowest BCUT2D eigenvalue weighted by molar-refractivity contribution is 0.192. The molecule has 128 valence electrons. The van der Waals surface area contributed by atoms with Crippen LogP contribution in [0, 0.1) is 0 Å². The Bertz CT molecular complexity index is 687. The molecule has 1 aliphatic rings. The van der Waals surface area contributed by atoms with E-state index in [0.29, 0.717) is 18.0 Å². The van der Waals surface area contributed by atoms with Crippen LogP contribution < -0.4 is 14.8 Å². The second-order valence-corrected chi connectivity index (χ2v) is 5.71. The zero-order chi connectivity index (χ0) is 16.9. The first-order valence-electron chi connectivity index (χ1n) is 7.97. The molecule has 2 aromatic rings. The van der Waals surface area contributed by atoms with Crippen LogP contribution in [0.5, 0.6) is 11.5 Å². The molecule has 1 aromatic carbocycles. The smallest absolute Gasteiger partial charge is 0.318 e. The molecule has 0 saturated carbocycles. The number of carbonyl (C=O) groups excluding carboxylic acids is 1. The van der Waals surface area contributed by atoms with Gasteiger partial charge >= 0.3 is 6.03 Å². The summed E-state index contributed by atoms with van der Waals surface area (Å²) in [4.78, 5) is 14.4. The number of nitrogens with zero attached hydrogens (tertiary/aromatic N) is 2. The summed E-state index contributed by atoms with van der Waals surface area (Å²) in [5.41, 5.74) is 1.94. The lowest BCUT2D eigenvalue weighted by Gasteiger charge is -2.26. The van der Waals surface area contributed by atoms with Gasteiger partial charge in [0.05, 0.1) is 32.5 Å². The fraction of sp³-hybridized carbons (Fsp3) is 0.412. The molecule has 2 N–H and O–H groups in total. The molecule has 1 aliphatic heterocycles. The molecule has 7 nitrogen and oxygen atoms in total. The molecule has 1 fully saturated rings. The van der Waals surface area contributed by atoms with E-state index in [0.717, 1.165) is 30.6 Å². The summed E-state index contributed by atoms with van der Waals surface area (Å²) in [5.74, 6) is 1.37. The van der Waals surface area contributed by atoms with Gasteiger partial charge in [-0.3, -0.25) is 5.10 Å². The standard InChI is InChI=1S/C17H22N4O3/c1-23-15-6-5-12(10-16(15)24-2)14-4-3-9-21(14)17(22)18-11-13-7-8-19-20-13/h5-8,10,14H,3-4,9,11H2,1-2H3,(H,18,22)(H,19,20)/t14-/m0/s1. The minimum Gasteiger partial charge on any atom is -0.493 e. The Hall–Kier alpha value is -2.70. The third-order valence-corrected chi connectivity index (χ3v) is 4.29. The highest BCUT2D eigenvalue weighted by molar-refractivity contribution is 5.75. The summed E-state index contributed by atoms with van der Waals surface area (Å²) in [5, 5.41) is 9.66. The first kappa shape index (κ1) is 16.2. The van der Waals surface area contributed by atoms with E-state index in [4.69, 9.17) is 9.47 Å². The van der Waals surface area contributed by atoms with E-state index in [1.807, 2.05) is 29.2 Å². The van der Waals surface area contributed by atoms with Gasteiger partial charge in [-0.2, -0.15) is 5.10 Å². The fourth-order valence-electron chi connectivity index (χ4n) is 3.07. The number of urea groups is 1. The molecule has 0 aliphatic carbocycles. The van der Waals surface area contributed by atoms with Crippen molar-refractivity contribution in [1.82, 2.24) is 20.4 Å². The Morgan fingerprint density at radius 1 is 1.33 bits per heavy atom. The third-order valence-electron chi connectivity index (χ3n) is 4.29. The number of amides is 2. The maximum atomic E-state index is 12.5. The number of ether oxygens (including phenoxy) is 2. The number of rotatable bonds is 5. The van der Waals surface area contributed by atoms with Crippen molar-refractivity contribution in [2.45, 2.75) is 25.4 Å². The molecule has 0 spiro atoms. The van der Waals surface area contributed by atoms with Gasteiger partial charge in [-0.15, -0.1) is 0 Å². The second kappa shape index (κ2) is 7.25. The fourth-order valence-corrected chi connectivity index (χ4v) is 3.07. The SMILES string of the molecule is COc1ccc([C@@H]2CCCN2C(=O)NCc2ccn[nH]2)cc1OC. The van der Waals surface area contributed by atoms with Gasteiger partial charge in [-0.25, -0.2) is 4.79 Å². The van der Waals surface area contributed by atoms with Crippen molar-refractivity contribution in [1.29, 1.82) is 0 Å². The maximum Gasteiger partial charge on any atom is 0.318 e. The Morgan fingerprint density at radius 2 is 2.17 bits per heavy atom. The number of aromatic amines is 1. The van der Waals surface area contributed by atoms with E-state index in [2.05, 4.69) is 15.5 Å². The summed E-state index contributed by atoms with van der Waals surface area (Å²) >= 11 is 0. The van der Waals surface area contributed by atoms with Gasteiger partial charge in [0, 0.05) is 12.7 Å². The van der Waals surface area contributed by atoms with E-state index in [1.165, 1.54) is 0 Å². The Kier molecular flexibility index (Phi) is 4.88.